The molecule has 0 saturated heterocycles. The van der Waals surface area contributed by atoms with E-state index in [1.807, 2.05) is 13.8 Å². The lowest BCUT2D eigenvalue weighted by atomic mass is 10.1. The minimum atomic E-state index is -4.57. The number of carbonyl (C=O) groups is 1. The van der Waals surface area contributed by atoms with E-state index in [1.54, 1.807) is 0 Å². The van der Waals surface area contributed by atoms with E-state index in [0.29, 0.717) is 6.54 Å². The highest BCUT2D eigenvalue weighted by Gasteiger charge is 2.34. The zero-order valence-electron chi connectivity index (χ0n) is 13.5. The SMILES string of the molecule is CC(C)CNC(=O)c1ccc(Nc2ccc(Cl)cc2C(F)(F)F)nn1. The topological polar surface area (TPSA) is 66.9 Å². The van der Waals surface area contributed by atoms with Crippen LogP contribution in [0.2, 0.25) is 5.02 Å². The van der Waals surface area contributed by atoms with Gasteiger partial charge in [-0.1, -0.05) is 25.4 Å². The molecule has 0 bridgehead atoms. The van der Waals surface area contributed by atoms with Gasteiger partial charge in [0.25, 0.3) is 5.91 Å². The molecule has 0 atom stereocenters. The molecule has 2 aromatic rings. The zero-order valence-corrected chi connectivity index (χ0v) is 14.2. The largest absolute Gasteiger partial charge is 0.418 e. The molecule has 1 aromatic carbocycles. The summed E-state index contributed by atoms with van der Waals surface area (Å²) in [5.41, 5.74) is -1.04. The summed E-state index contributed by atoms with van der Waals surface area (Å²) >= 11 is 5.63. The molecule has 0 aliphatic heterocycles. The molecule has 5 nitrogen and oxygen atoms in total. The molecular formula is C16H16ClF3N4O. The summed E-state index contributed by atoms with van der Waals surface area (Å²) < 4.78 is 39.2. The monoisotopic (exact) mass is 372 g/mol. The highest BCUT2D eigenvalue weighted by molar-refractivity contribution is 6.30. The average Bonchev–Trinajstić information content (AvgIpc) is 2.54. The van der Waals surface area contributed by atoms with Crippen molar-refractivity contribution < 1.29 is 18.0 Å². The van der Waals surface area contributed by atoms with E-state index >= 15 is 0 Å². The molecule has 9 heteroatoms. The minimum absolute atomic E-state index is 0.0267. The third-order valence-corrected chi connectivity index (χ3v) is 3.35. The number of rotatable bonds is 5. The van der Waals surface area contributed by atoms with E-state index in [1.165, 1.54) is 24.3 Å². The van der Waals surface area contributed by atoms with Crippen LogP contribution in [0.3, 0.4) is 0 Å². The maximum atomic E-state index is 13.1. The third-order valence-electron chi connectivity index (χ3n) is 3.12. The molecule has 0 fully saturated rings. The summed E-state index contributed by atoms with van der Waals surface area (Å²) in [6.07, 6.45) is -4.57. The first-order chi connectivity index (χ1) is 11.7. The normalized spacial score (nSPS) is 11.5. The minimum Gasteiger partial charge on any atom is -0.350 e. The van der Waals surface area contributed by atoms with E-state index < -0.39 is 17.6 Å². The number of amides is 1. The van der Waals surface area contributed by atoms with Gasteiger partial charge in [0, 0.05) is 11.6 Å². The fourth-order valence-corrected chi connectivity index (χ4v) is 2.08. The Bertz CT molecular complexity index is 748. The van der Waals surface area contributed by atoms with Gasteiger partial charge >= 0.3 is 6.18 Å². The highest BCUT2D eigenvalue weighted by Crippen LogP contribution is 2.37. The number of halogens is 4. The van der Waals surface area contributed by atoms with Crippen molar-refractivity contribution in [2.45, 2.75) is 20.0 Å². The third kappa shape index (κ3) is 5.32. The number of alkyl halides is 3. The molecule has 1 heterocycles. The van der Waals surface area contributed by atoms with Crippen molar-refractivity contribution in [2.75, 3.05) is 11.9 Å². The van der Waals surface area contributed by atoms with Gasteiger partial charge in [-0.25, -0.2) is 0 Å². The van der Waals surface area contributed by atoms with E-state index in [0.717, 1.165) is 6.07 Å². The zero-order chi connectivity index (χ0) is 18.6. The first-order valence-corrected chi connectivity index (χ1v) is 7.80. The standard InChI is InChI=1S/C16H16ClF3N4O/c1-9(2)8-21-15(25)13-5-6-14(24-23-13)22-12-4-3-10(17)7-11(12)16(18,19)20/h3-7,9H,8H2,1-2H3,(H,21,25)(H,22,24). The van der Waals surface area contributed by atoms with Crippen LogP contribution < -0.4 is 10.6 Å². The number of nitrogens with one attached hydrogen (secondary N) is 2. The Morgan fingerprint density at radius 3 is 2.48 bits per heavy atom. The van der Waals surface area contributed by atoms with Gasteiger partial charge < -0.3 is 10.6 Å². The number of hydrogen-bond acceptors (Lipinski definition) is 4. The number of aromatic nitrogens is 2. The predicted octanol–water partition coefficient (Wildman–Crippen LogP) is 4.28. The van der Waals surface area contributed by atoms with Crippen LogP contribution in [0.5, 0.6) is 0 Å². The second-order valence-electron chi connectivity index (χ2n) is 5.72. The molecule has 0 radical (unpaired) electrons. The summed E-state index contributed by atoms with van der Waals surface area (Å²) in [6, 6.07) is 6.13. The molecule has 0 aliphatic carbocycles. The molecule has 0 aliphatic rings. The van der Waals surface area contributed by atoms with Crippen LogP contribution in [0.15, 0.2) is 30.3 Å². The number of hydrogen-bond donors (Lipinski definition) is 2. The Morgan fingerprint density at radius 2 is 1.92 bits per heavy atom. The summed E-state index contributed by atoms with van der Waals surface area (Å²) in [4.78, 5) is 11.8. The molecule has 2 N–H and O–H groups in total. The number of anilines is 2. The molecule has 2 rings (SSSR count). The number of carbonyl (C=O) groups excluding carboxylic acids is 1. The predicted molar refractivity (Wildman–Crippen MR) is 88.9 cm³/mol. The fourth-order valence-electron chi connectivity index (χ4n) is 1.91. The average molecular weight is 373 g/mol. The van der Waals surface area contributed by atoms with Crippen molar-refractivity contribution >= 4 is 29.0 Å². The Labute approximate surface area is 147 Å². The van der Waals surface area contributed by atoms with Crippen molar-refractivity contribution in [2.24, 2.45) is 5.92 Å². The van der Waals surface area contributed by atoms with Crippen LogP contribution in [0, 0.1) is 5.92 Å². The molecule has 0 spiro atoms. The number of benzene rings is 1. The molecule has 25 heavy (non-hydrogen) atoms. The lowest BCUT2D eigenvalue weighted by Crippen LogP contribution is -2.28. The maximum Gasteiger partial charge on any atom is 0.418 e. The van der Waals surface area contributed by atoms with Crippen molar-refractivity contribution in [1.82, 2.24) is 15.5 Å². The van der Waals surface area contributed by atoms with Crippen molar-refractivity contribution in [3.63, 3.8) is 0 Å². The van der Waals surface area contributed by atoms with Crippen LogP contribution >= 0.6 is 11.6 Å². The van der Waals surface area contributed by atoms with E-state index in [2.05, 4.69) is 20.8 Å². The Morgan fingerprint density at radius 1 is 1.20 bits per heavy atom. The van der Waals surface area contributed by atoms with Crippen molar-refractivity contribution in [3.8, 4) is 0 Å². The maximum absolute atomic E-state index is 13.1. The molecule has 134 valence electrons. The summed E-state index contributed by atoms with van der Waals surface area (Å²) in [5.74, 6) is -0.0352. The fraction of sp³-hybridized carbons (Fsp3) is 0.312. The van der Waals surface area contributed by atoms with Gasteiger partial charge in [-0.05, 0) is 36.2 Å². The van der Waals surface area contributed by atoms with E-state index in [9.17, 15) is 18.0 Å². The molecule has 0 saturated carbocycles. The van der Waals surface area contributed by atoms with Crippen LogP contribution in [0.25, 0.3) is 0 Å². The molecule has 1 amide bonds. The number of nitrogens with zero attached hydrogens (tertiary/aromatic N) is 2. The van der Waals surface area contributed by atoms with Gasteiger partial charge in [-0.3, -0.25) is 4.79 Å². The second-order valence-corrected chi connectivity index (χ2v) is 6.16. The lowest BCUT2D eigenvalue weighted by molar-refractivity contribution is -0.136. The van der Waals surface area contributed by atoms with Crippen LogP contribution in [0.1, 0.15) is 29.9 Å². The van der Waals surface area contributed by atoms with Gasteiger partial charge in [0.2, 0.25) is 0 Å². The van der Waals surface area contributed by atoms with Gasteiger partial charge in [-0.2, -0.15) is 13.2 Å². The van der Waals surface area contributed by atoms with Gasteiger partial charge in [-0.15, -0.1) is 10.2 Å². The lowest BCUT2D eigenvalue weighted by Gasteiger charge is -2.14. The second kappa shape index (κ2) is 7.69. The van der Waals surface area contributed by atoms with Crippen molar-refractivity contribution in [1.29, 1.82) is 0 Å². The first kappa shape index (κ1) is 19.0. The summed E-state index contributed by atoms with van der Waals surface area (Å²) in [6.45, 7) is 4.38. The smallest absolute Gasteiger partial charge is 0.350 e. The quantitative estimate of drug-likeness (QED) is 0.822. The Hall–Kier alpha value is -2.35. The van der Waals surface area contributed by atoms with E-state index in [-0.39, 0.29) is 28.1 Å². The molecule has 0 unspecified atom stereocenters. The first-order valence-electron chi connectivity index (χ1n) is 7.42. The van der Waals surface area contributed by atoms with Gasteiger partial charge in [0.15, 0.2) is 11.5 Å². The highest BCUT2D eigenvalue weighted by atomic mass is 35.5. The Balaban J connectivity index is 2.16. The molecule has 1 aromatic heterocycles. The van der Waals surface area contributed by atoms with E-state index in [4.69, 9.17) is 11.6 Å². The molecular weight excluding hydrogens is 357 g/mol. The van der Waals surface area contributed by atoms with Crippen molar-refractivity contribution in [3.05, 3.63) is 46.6 Å². The van der Waals surface area contributed by atoms with Gasteiger partial charge in [0.1, 0.15) is 0 Å². The summed E-state index contributed by atoms with van der Waals surface area (Å²) in [5, 5.41) is 12.7. The summed E-state index contributed by atoms with van der Waals surface area (Å²) in [7, 11) is 0. The Kier molecular flexibility index (Phi) is 5.84. The van der Waals surface area contributed by atoms with Crippen LogP contribution in [0.4, 0.5) is 24.7 Å². The van der Waals surface area contributed by atoms with Crippen LogP contribution in [-0.2, 0) is 6.18 Å². The van der Waals surface area contributed by atoms with Crippen LogP contribution in [-0.4, -0.2) is 22.6 Å². The van der Waals surface area contributed by atoms with Gasteiger partial charge in [0.05, 0.1) is 11.3 Å².